The van der Waals surface area contributed by atoms with Gasteiger partial charge in [0.05, 0.1) is 5.02 Å². The number of aryl methyl sites for hydroxylation is 1. The quantitative estimate of drug-likeness (QED) is 0.844. The highest BCUT2D eigenvalue weighted by Crippen LogP contribution is 2.21. The number of hydrogen-bond donors (Lipinski definition) is 1. The fraction of sp³-hybridized carbons (Fsp3) is 0.267. The number of anilines is 1. The minimum atomic E-state index is -1.12. The van der Waals surface area contributed by atoms with E-state index in [2.05, 4.69) is 10.5 Å². The van der Waals surface area contributed by atoms with Crippen LogP contribution in [0, 0.1) is 12.7 Å². The molecule has 0 unspecified atom stereocenters. The van der Waals surface area contributed by atoms with Crippen molar-refractivity contribution < 1.29 is 23.2 Å². The van der Waals surface area contributed by atoms with Gasteiger partial charge in [0, 0.05) is 6.07 Å². The Morgan fingerprint density at radius 3 is 2.78 bits per heavy atom. The zero-order valence-corrected chi connectivity index (χ0v) is 13.2. The van der Waals surface area contributed by atoms with Crippen LogP contribution in [0.15, 0.2) is 28.8 Å². The van der Waals surface area contributed by atoms with E-state index in [4.69, 9.17) is 20.9 Å². The van der Waals surface area contributed by atoms with Crippen molar-refractivity contribution in [3.63, 3.8) is 0 Å². The third-order valence-corrected chi connectivity index (χ3v) is 3.27. The van der Waals surface area contributed by atoms with Gasteiger partial charge in [-0.1, -0.05) is 29.7 Å². The number of aromatic nitrogens is 1. The molecule has 2 rings (SSSR count). The van der Waals surface area contributed by atoms with E-state index in [0.29, 0.717) is 5.76 Å². The fourth-order valence-electron chi connectivity index (χ4n) is 1.84. The Morgan fingerprint density at radius 2 is 2.22 bits per heavy atom. The minimum Gasteiger partial charge on any atom is -0.449 e. The summed E-state index contributed by atoms with van der Waals surface area (Å²) in [6, 6.07) is 5.33. The molecule has 23 heavy (non-hydrogen) atoms. The van der Waals surface area contributed by atoms with Crippen LogP contribution in [0.2, 0.25) is 5.02 Å². The van der Waals surface area contributed by atoms with E-state index in [1.54, 1.807) is 13.8 Å². The van der Waals surface area contributed by atoms with Crippen LogP contribution in [0.1, 0.15) is 29.5 Å². The summed E-state index contributed by atoms with van der Waals surface area (Å²) < 4.78 is 23.6. The highest BCUT2D eigenvalue weighted by atomic mass is 35.5. The first-order chi connectivity index (χ1) is 10.9. The molecular formula is C15H14ClFN2O4. The van der Waals surface area contributed by atoms with Gasteiger partial charge in [-0.3, -0.25) is 4.79 Å². The van der Waals surface area contributed by atoms with Crippen molar-refractivity contribution in [2.24, 2.45) is 0 Å². The molecule has 0 bridgehead atoms. The van der Waals surface area contributed by atoms with E-state index in [1.807, 2.05) is 0 Å². The van der Waals surface area contributed by atoms with Gasteiger partial charge in [-0.05, 0) is 25.5 Å². The van der Waals surface area contributed by atoms with E-state index in [1.165, 1.54) is 18.2 Å². The van der Waals surface area contributed by atoms with Crippen LogP contribution >= 0.6 is 11.6 Å². The maximum absolute atomic E-state index is 13.7. The molecule has 0 aliphatic rings. The Kier molecular flexibility index (Phi) is 5.33. The lowest BCUT2D eigenvalue weighted by atomic mass is 10.2. The van der Waals surface area contributed by atoms with Gasteiger partial charge in [0.2, 0.25) is 0 Å². The molecule has 0 saturated carbocycles. The fourth-order valence-corrected chi connectivity index (χ4v) is 2.08. The molecule has 6 nitrogen and oxygen atoms in total. The van der Waals surface area contributed by atoms with Gasteiger partial charge in [-0.25, -0.2) is 9.18 Å². The number of esters is 1. The summed E-state index contributed by atoms with van der Waals surface area (Å²) >= 11 is 5.80. The Labute approximate surface area is 136 Å². The molecule has 0 fully saturated rings. The number of amides is 1. The number of nitrogens with zero attached hydrogens (tertiary/aromatic N) is 1. The first-order valence-corrected chi connectivity index (χ1v) is 7.19. The Morgan fingerprint density at radius 1 is 1.48 bits per heavy atom. The summed E-state index contributed by atoms with van der Waals surface area (Å²) in [7, 11) is 0. The molecule has 2 aromatic rings. The highest BCUT2D eigenvalue weighted by molar-refractivity contribution is 6.33. The summed E-state index contributed by atoms with van der Waals surface area (Å²) in [6.07, 6.45) is -0.921. The van der Waals surface area contributed by atoms with Crippen molar-refractivity contribution in [2.45, 2.75) is 26.4 Å². The van der Waals surface area contributed by atoms with Gasteiger partial charge in [0.1, 0.15) is 17.1 Å². The van der Waals surface area contributed by atoms with Crippen molar-refractivity contribution in [2.75, 3.05) is 5.32 Å². The molecule has 0 spiro atoms. The van der Waals surface area contributed by atoms with Crippen molar-refractivity contribution in [1.82, 2.24) is 5.16 Å². The molecule has 1 amide bonds. The van der Waals surface area contributed by atoms with Crippen molar-refractivity contribution in [3.05, 3.63) is 46.4 Å². The molecule has 0 aliphatic carbocycles. The molecule has 8 heteroatoms. The van der Waals surface area contributed by atoms with Crippen LogP contribution in [0.4, 0.5) is 10.2 Å². The molecule has 122 valence electrons. The molecule has 0 saturated heterocycles. The summed E-state index contributed by atoms with van der Waals surface area (Å²) in [5.41, 5.74) is -0.405. The number of hydrogen-bond acceptors (Lipinski definition) is 5. The average molecular weight is 341 g/mol. The smallest absolute Gasteiger partial charge is 0.343 e. The predicted molar refractivity (Wildman–Crippen MR) is 80.8 cm³/mol. The molecule has 1 atom stereocenters. The van der Waals surface area contributed by atoms with E-state index in [-0.39, 0.29) is 17.3 Å². The predicted octanol–water partition coefficient (Wildman–Crippen LogP) is 3.35. The lowest BCUT2D eigenvalue weighted by molar-refractivity contribution is -0.124. The Balaban J connectivity index is 2.09. The molecule has 1 aromatic heterocycles. The van der Waals surface area contributed by atoms with Crippen LogP contribution in [0.5, 0.6) is 0 Å². The van der Waals surface area contributed by atoms with Crippen molar-refractivity contribution in [1.29, 1.82) is 0 Å². The van der Waals surface area contributed by atoms with E-state index in [0.717, 1.165) is 6.07 Å². The second kappa shape index (κ2) is 7.23. The highest BCUT2D eigenvalue weighted by Gasteiger charge is 2.25. The van der Waals surface area contributed by atoms with Gasteiger partial charge in [-0.2, -0.15) is 0 Å². The zero-order chi connectivity index (χ0) is 17.0. The van der Waals surface area contributed by atoms with Gasteiger partial charge >= 0.3 is 5.97 Å². The maximum Gasteiger partial charge on any atom is 0.343 e. The second-order valence-corrected chi connectivity index (χ2v) is 5.12. The minimum absolute atomic E-state index is 0.0858. The van der Waals surface area contributed by atoms with Crippen molar-refractivity contribution in [3.8, 4) is 0 Å². The number of halogens is 2. The average Bonchev–Trinajstić information content (AvgIpc) is 2.89. The lowest BCUT2D eigenvalue weighted by Gasteiger charge is -2.15. The van der Waals surface area contributed by atoms with Crippen LogP contribution in [-0.2, 0) is 9.53 Å². The van der Waals surface area contributed by atoms with Crippen LogP contribution < -0.4 is 5.32 Å². The van der Waals surface area contributed by atoms with Gasteiger partial charge < -0.3 is 14.6 Å². The normalized spacial score (nSPS) is 11.8. The molecule has 1 N–H and O–H groups in total. The summed E-state index contributed by atoms with van der Waals surface area (Å²) in [5.74, 6) is -1.70. The van der Waals surface area contributed by atoms with Gasteiger partial charge in [0.15, 0.2) is 11.9 Å². The zero-order valence-electron chi connectivity index (χ0n) is 12.4. The standard InChI is InChI=1S/C15H14ClFN2O4/c1-3-11(14(20)18-12-7-8(2)23-19-12)22-15(21)13-9(16)5-4-6-10(13)17/h4-7,11H,3H2,1-2H3,(H,18,19,20)/t11-/m1/s1. The monoisotopic (exact) mass is 340 g/mol. The number of carbonyl (C=O) groups excluding carboxylic acids is 2. The number of benzene rings is 1. The largest absolute Gasteiger partial charge is 0.449 e. The molecule has 1 aromatic carbocycles. The molecular weight excluding hydrogens is 327 g/mol. The van der Waals surface area contributed by atoms with Crippen LogP contribution in [0.3, 0.4) is 0 Å². The van der Waals surface area contributed by atoms with Crippen LogP contribution in [0.25, 0.3) is 0 Å². The van der Waals surface area contributed by atoms with Gasteiger partial charge in [-0.15, -0.1) is 0 Å². The first-order valence-electron chi connectivity index (χ1n) is 6.81. The SMILES string of the molecule is CC[C@@H](OC(=O)c1c(F)cccc1Cl)C(=O)Nc1cc(C)on1. The first kappa shape index (κ1) is 17.0. The van der Waals surface area contributed by atoms with Gasteiger partial charge in [0.25, 0.3) is 5.91 Å². The Hall–Kier alpha value is -2.41. The summed E-state index contributed by atoms with van der Waals surface area (Å²) in [5, 5.41) is 5.98. The number of carbonyl (C=O) groups is 2. The topological polar surface area (TPSA) is 81.4 Å². The second-order valence-electron chi connectivity index (χ2n) is 4.71. The van der Waals surface area contributed by atoms with E-state index < -0.39 is 29.4 Å². The van der Waals surface area contributed by atoms with Crippen molar-refractivity contribution >= 4 is 29.3 Å². The lowest BCUT2D eigenvalue weighted by Crippen LogP contribution is -2.32. The maximum atomic E-state index is 13.7. The third-order valence-electron chi connectivity index (χ3n) is 2.96. The van der Waals surface area contributed by atoms with Crippen LogP contribution in [-0.4, -0.2) is 23.1 Å². The Bertz CT molecular complexity index is 712. The number of nitrogens with one attached hydrogen (secondary N) is 1. The summed E-state index contributed by atoms with van der Waals surface area (Å²) in [4.78, 5) is 24.1. The van der Waals surface area contributed by atoms with E-state index >= 15 is 0 Å². The molecule has 0 aliphatic heterocycles. The summed E-state index contributed by atoms with van der Waals surface area (Å²) in [6.45, 7) is 3.31. The third kappa shape index (κ3) is 4.07. The molecule has 0 radical (unpaired) electrons. The number of ether oxygens (including phenoxy) is 1. The van der Waals surface area contributed by atoms with E-state index in [9.17, 15) is 14.0 Å². The number of rotatable bonds is 5. The molecule has 1 heterocycles.